The fraction of sp³-hybridized carbons (Fsp3) is 0.200. The summed E-state index contributed by atoms with van der Waals surface area (Å²) in [6, 6.07) is 13.0. The molecule has 1 atom stereocenters. The first kappa shape index (κ1) is 14.4. The second-order valence-electron chi connectivity index (χ2n) is 4.29. The number of nitrogens with one attached hydrogen (secondary N) is 1. The van der Waals surface area contributed by atoms with Gasteiger partial charge in [0.15, 0.2) is 0 Å². The zero-order valence-electron chi connectivity index (χ0n) is 10.5. The summed E-state index contributed by atoms with van der Waals surface area (Å²) in [6.45, 7) is 2.09. The summed E-state index contributed by atoms with van der Waals surface area (Å²) in [7, 11) is 0. The van der Waals surface area contributed by atoms with E-state index in [2.05, 4.69) is 40.3 Å². The van der Waals surface area contributed by atoms with Gasteiger partial charge in [-0.05, 0) is 42.3 Å². The van der Waals surface area contributed by atoms with Crippen LogP contribution in [0.25, 0.3) is 0 Å². The van der Waals surface area contributed by atoms with Crippen molar-refractivity contribution in [3.05, 3.63) is 63.3 Å². The van der Waals surface area contributed by atoms with Crippen LogP contribution >= 0.6 is 27.5 Å². The van der Waals surface area contributed by atoms with Gasteiger partial charge < -0.3 is 5.32 Å². The number of benzene rings is 2. The number of hydrogen-bond donors (Lipinski definition) is 1. The van der Waals surface area contributed by atoms with Gasteiger partial charge in [-0.3, -0.25) is 0 Å². The summed E-state index contributed by atoms with van der Waals surface area (Å²) in [5.41, 5.74) is 1.89. The second kappa shape index (κ2) is 6.40. The van der Waals surface area contributed by atoms with Crippen LogP contribution in [0, 0.1) is 5.82 Å². The summed E-state index contributed by atoms with van der Waals surface area (Å²) in [4.78, 5) is 0. The molecule has 0 fully saturated rings. The smallest absolute Gasteiger partial charge is 0.143 e. The molecule has 0 bridgehead atoms. The summed E-state index contributed by atoms with van der Waals surface area (Å²) < 4.78 is 14.5. The number of halogens is 3. The largest absolute Gasteiger partial charge is 0.378 e. The van der Waals surface area contributed by atoms with Gasteiger partial charge in [0.1, 0.15) is 5.82 Å². The van der Waals surface area contributed by atoms with E-state index >= 15 is 0 Å². The minimum Gasteiger partial charge on any atom is -0.378 e. The van der Waals surface area contributed by atoms with Gasteiger partial charge in [0, 0.05) is 10.2 Å². The molecule has 0 radical (unpaired) electrons. The quantitative estimate of drug-likeness (QED) is 0.740. The van der Waals surface area contributed by atoms with Crippen molar-refractivity contribution in [3.63, 3.8) is 0 Å². The standard InChI is InChI=1S/C15H14BrClFN/c1-2-15(10-4-3-5-11(16)8-10)19-12-6-7-13(17)14(18)9-12/h3-9,15,19H,2H2,1H3. The van der Waals surface area contributed by atoms with Gasteiger partial charge in [-0.15, -0.1) is 0 Å². The highest BCUT2D eigenvalue weighted by molar-refractivity contribution is 9.10. The Morgan fingerprint density at radius 3 is 2.68 bits per heavy atom. The minimum atomic E-state index is -0.407. The summed E-state index contributed by atoms with van der Waals surface area (Å²) in [5, 5.41) is 3.46. The van der Waals surface area contributed by atoms with E-state index in [0.29, 0.717) is 0 Å². The third-order valence-corrected chi connectivity index (χ3v) is 3.72. The van der Waals surface area contributed by atoms with Crippen LogP contribution in [-0.2, 0) is 0 Å². The Kier molecular flexibility index (Phi) is 4.83. The van der Waals surface area contributed by atoms with Gasteiger partial charge >= 0.3 is 0 Å². The maximum atomic E-state index is 13.4. The third kappa shape index (κ3) is 3.71. The Morgan fingerprint density at radius 2 is 2.05 bits per heavy atom. The summed E-state index contributed by atoms with van der Waals surface area (Å²) in [6.07, 6.45) is 0.903. The van der Waals surface area contributed by atoms with Crippen LogP contribution in [0.4, 0.5) is 10.1 Å². The average molecular weight is 343 g/mol. The average Bonchev–Trinajstić information content (AvgIpc) is 2.40. The Morgan fingerprint density at radius 1 is 1.26 bits per heavy atom. The topological polar surface area (TPSA) is 12.0 Å². The Bertz CT molecular complexity index is 574. The zero-order valence-corrected chi connectivity index (χ0v) is 12.8. The van der Waals surface area contributed by atoms with Crippen LogP contribution in [0.2, 0.25) is 5.02 Å². The highest BCUT2D eigenvalue weighted by atomic mass is 79.9. The first-order valence-electron chi connectivity index (χ1n) is 6.07. The van der Waals surface area contributed by atoms with E-state index in [9.17, 15) is 4.39 Å². The van der Waals surface area contributed by atoms with Crippen LogP contribution in [0.15, 0.2) is 46.9 Å². The third-order valence-electron chi connectivity index (χ3n) is 2.92. The molecule has 0 amide bonds. The number of anilines is 1. The van der Waals surface area contributed by atoms with Gasteiger partial charge in [-0.1, -0.05) is 46.6 Å². The minimum absolute atomic E-state index is 0.137. The lowest BCUT2D eigenvalue weighted by molar-refractivity contribution is 0.628. The first-order valence-corrected chi connectivity index (χ1v) is 7.24. The van der Waals surface area contributed by atoms with Crippen molar-refractivity contribution >= 4 is 33.2 Å². The fourth-order valence-corrected chi connectivity index (χ4v) is 2.47. The molecule has 0 aromatic heterocycles. The highest BCUT2D eigenvalue weighted by Gasteiger charge is 2.10. The van der Waals surface area contributed by atoms with Crippen molar-refractivity contribution in [1.82, 2.24) is 0 Å². The number of rotatable bonds is 4. The lowest BCUT2D eigenvalue weighted by Crippen LogP contribution is -2.09. The maximum absolute atomic E-state index is 13.4. The molecule has 100 valence electrons. The molecule has 2 rings (SSSR count). The van der Waals surface area contributed by atoms with Crippen LogP contribution in [0.1, 0.15) is 24.9 Å². The van der Waals surface area contributed by atoms with E-state index < -0.39 is 5.82 Å². The van der Waals surface area contributed by atoms with Crippen molar-refractivity contribution in [3.8, 4) is 0 Å². The van der Waals surface area contributed by atoms with Crippen LogP contribution in [0.3, 0.4) is 0 Å². The van der Waals surface area contributed by atoms with Gasteiger partial charge in [0.2, 0.25) is 0 Å². The van der Waals surface area contributed by atoms with E-state index in [1.54, 1.807) is 12.1 Å². The number of hydrogen-bond acceptors (Lipinski definition) is 1. The molecular weight excluding hydrogens is 329 g/mol. The van der Waals surface area contributed by atoms with E-state index in [1.165, 1.54) is 6.07 Å². The van der Waals surface area contributed by atoms with Crippen LogP contribution in [-0.4, -0.2) is 0 Å². The molecular formula is C15H14BrClFN. The maximum Gasteiger partial charge on any atom is 0.143 e. The molecule has 0 saturated heterocycles. The van der Waals surface area contributed by atoms with Crippen LogP contribution < -0.4 is 5.32 Å². The SMILES string of the molecule is CCC(Nc1ccc(Cl)c(F)c1)c1cccc(Br)c1. The molecule has 1 nitrogen and oxygen atoms in total. The summed E-state index contributed by atoms with van der Waals surface area (Å²) in [5.74, 6) is -0.407. The van der Waals surface area contributed by atoms with E-state index in [4.69, 9.17) is 11.6 Å². The van der Waals surface area contributed by atoms with Crippen molar-refractivity contribution in [2.75, 3.05) is 5.32 Å². The van der Waals surface area contributed by atoms with Crippen molar-refractivity contribution in [2.45, 2.75) is 19.4 Å². The molecule has 2 aromatic carbocycles. The van der Waals surface area contributed by atoms with Gasteiger partial charge in [0.05, 0.1) is 11.1 Å². The van der Waals surface area contributed by atoms with Crippen molar-refractivity contribution in [2.24, 2.45) is 0 Å². The fourth-order valence-electron chi connectivity index (χ4n) is 1.93. The molecule has 2 aromatic rings. The van der Waals surface area contributed by atoms with Crippen LogP contribution in [0.5, 0.6) is 0 Å². The van der Waals surface area contributed by atoms with Gasteiger partial charge in [-0.25, -0.2) is 4.39 Å². The molecule has 0 aliphatic carbocycles. The molecule has 4 heteroatoms. The first-order chi connectivity index (χ1) is 9.10. The second-order valence-corrected chi connectivity index (χ2v) is 5.61. The lowest BCUT2D eigenvalue weighted by Gasteiger charge is -2.19. The zero-order chi connectivity index (χ0) is 13.8. The monoisotopic (exact) mass is 341 g/mol. The Balaban J connectivity index is 2.21. The molecule has 0 aliphatic rings. The Labute approximate surface area is 125 Å². The highest BCUT2D eigenvalue weighted by Crippen LogP contribution is 2.26. The van der Waals surface area contributed by atoms with Crippen molar-refractivity contribution < 1.29 is 4.39 Å². The van der Waals surface area contributed by atoms with Crippen molar-refractivity contribution in [1.29, 1.82) is 0 Å². The van der Waals surface area contributed by atoms with Gasteiger partial charge in [-0.2, -0.15) is 0 Å². The molecule has 0 aliphatic heterocycles. The molecule has 19 heavy (non-hydrogen) atoms. The molecule has 1 unspecified atom stereocenters. The predicted molar refractivity (Wildman–Crippen MR) is 82.2 cm³/mol. The lowest BCUT2D eigenvalue weighted by atomic mass is 10.0. The molecule has 0 heterocycles. The normalized spacial score (nSPS) is 12.2. The predicted octanol–water partition coefficient (Wildman–Crippen LogP) is 5.80. The van der Waals surface area contributed by atoms with E-state index in [-0.39, 0.29) is 11.1 Å². The molecule has 0 spiro atoms. The summed E-state index contributed by atoms with van der Waals surface area (Å²) >= 11 is 9.14. The molecule has 1 N–H and O–H groups in total. The van der Waals surface area contributed by atoms with E-state index in [0.717, 1.165) is 22.1 Å². The van der Waals surface area contributed by atoms with Gasteiger partial charge in [0.25, 0.3) is 0 Å². The Hall–Kier alpha value is -1.06. The molecule has 0 saturated carbocycles. The van der Waals surface area contributed by atoms with E-state index in [1.807, 2.05) is 12.1 Å².